The van der Waals surface area contributed by atoms with Gasteiger partial charge in [0.2, 0.25) is 0 Å². The zero-order valence-electron chi connectivity index (χ0n) is 16.5. The van der Waals surface area contributed by atoms with Crippen LogP contribution in [0.15, 0.2) is 53.9 Å². The standard InChI is InChI=1S/C23H23FN2O3S/c24-19-4-1-17(2-5-19)22(27)18-7-10-26(11-8-18)12-13-29-23(28)25-20-6-3-16-9-14-30-21(16)15-20/h1-6,9,14-15,18H,7-8,10-13H2,(H,25,28). The Morgan fingerprint density at radius 3 is 2.63 bits per heavy atom. The fourth-order valence-electron chi connectivity index (χ4n) is 3.72. The SMILES string of the molecule is O=C(Nc1ccc2ccsc2c1)OCCN1CCC(C(=O)c2ccc(F)cc2)CC1. The first-order valence-electron chi connectivity index (χ1n) is 10.0. The van der Waals surface area contributed by atoms with Gasteiger partial charge in [-0.15, -0.1) is 11.3 Å². The average molecular weight is 427 g/mol. The van der Waals surface area contributed by atoms with Gasteiger partial charge in [0.1, 0.15) is 12.4 Å². The van der Waals surface area contributed by atoms with Crippen LogP contribution < -0.4 is 5.32 Å². The highest BCUT2D eigenvalue weighted by atomic mass is 32.1. The van der Waals surface area contributed by atoms with Crippen LogP contribution in [0.3, 0.4) is 0 Å². The molecule has 2 heterocycles. The molecule has 2 aromatic carbocycles. The first-order chi connectivity index (χ1) is 14.6. The molecule has 1 aliphatic heterocycles. The second-order valence-electron chi connectivity index (χ2n) is 7.42. The second-order valence-corrected chi connectivity index (χ2v) is 8.37. The van der Waals surface area contributed by atoms with E-state index in [1.807, 2.05) is 29.6 Å². The molecule has 156 valence electrons. The van der Waals surface area contributed by atoms with E-state index >= 15 is 0 Å². The Kier molecular flexibility index (Phi) is 6.40. The molecule has 0 atom stereocenters. The molecule has 1 N–H and O–H groups in total. The van der Waals surface area contributed by atoms with Crippen molar-refractivity contribution in [1.82, 2.24) is 4.90 Å². The minimum atomic E-state index is -0.465. The lowest BCUT2D eigenvalue weighted by atomic mass is 9.89. The van der Waals surface area contributed by atoms with Gasteiger partial charge in [0.25, 0.3) is 0 Å². The van der Waals surface area contributed by atoms with Crippen LogP contribution in [0.1, 0.15) is 23.2 Å². The zero-order chi connectivity index (χ0) is 20.9. The third-order valence-corrected chi connectivity index (χ3v) is 6.31. The molecule has 1 fully saturated rings. The van der Waals surface area contributed by atoms with Crippen LogP contribution in [0, 0.1) is 11.7 Å². The summed E-state index contributed by atoms with van der Waals surface area (Å²) in [5.74, 6) is -0.298. The van der Waals surface area contributed by atoms with Crippen LogP contribution in [0.2, 0.25) is 0 Å². The highest BCUT2D eigenvalue weighted by Crippen LogP contribution is 2.24. The molecule has 0 saturated carbocycles. The molecule has 0 radical (unpaired) electrons. The van der Waals surface area contributed by atoms with Crippen LogP contribution >= 0.6 is 11.3 Å². The number of benzene rings is 2. The number of ether oxygens (including phenoxy) is 1. The van der Waals surface area contributed by atoms with Crippen molar-refractivity contribution in [3.05, 3.63) is 65.3 Å². The number of hydrogen-bond acceptors (Lipinski definition) is 5. The number of halogens is 1. The van der Waals surface area contributed by atoms with Gasteiger partial charge in [0.05, 0.1) is 0 Å². The molecular formula is C23H23FN2O3S. The molecule has 7 heteroatoms. The van der Waals surface area contributed by atoms with Gasteiger partial charge in [0.15, 0.2) is 5.78 Å². The average Bonchev–Trinajstić information content (AvgIpc) is 3.22. The molecule has 3 aromatic rings. The minimum Gasteiger partial charge on any atom is -0.448 e. The van der Waals surface area contributed by atoms with Crippen molar-refractivity contribution >= 4 is 39.0 Å². The summed E-state index contributed by atoms with van der Waals surface area (Å²) in [6.07, 6.45) is 1.04. The molecule has 30 heavy (non-hydrogen) atoms. The van der Waals surface area contributed by atoms with E-state index in [-0.39, 0.29) is 17.5 Å². The van der Waals surface area contributed by atoms with Gasteiger partial charge in [-0.3, -0.25) is 15.0 Å². The highest BCUT2D eigenvalue weighted by molar-refractivity contribution is 7.17. The summed E-state index contributed by atoms with van der Waals surface area (Å²) >= 11 is 1.63. The number of rotatable bonds is 6. The molecule has 1 saturated heterocycles. The van der Waals surface area contributed by atoms with Crippen molar-refractivity contribution in [2.75, 3.05) is 31.6 Å². The summed E-state index contributed by atoms with van der Waals surface area (Å²) in [6.45, 7) is 2.48. The number of nitrogens with one attached hydrogen (secondary N) is 1. The predicted molar refractivity (Wildman–Crippen MR) is 117 cm³/mol. The number of fused-ring (bicyclic) bond motifs is 1. The van der Waals surface area contributed by atoms with Gasteiger partial charge in [-0.1, -0.05) is 6.07 Å². The topological polar surface area (TPSA) is 58.6 Å². The fraction of sp³-hybridized carbons (Fsp3) is 0.304. The second kappa shape index (κ2) is 9.36. The summed E-state index contributed by atoms with van der Waals surface area (Å²) < 4.78 is 19.5. The van der Waals surface area contributed by atoms with Gasteiger partial charge in [0, 0.05) is 28.4 Å². The first-order valence-corrected chi connectivity index (χ1v) is 10.9. The maximum absolute atomic E-state index is 13.0. The van der Waals surface area contributed by atoms with E-state index in [1.165, 1.54) is 12.1 Å². The van der Waals surface area contributed by atoms with Gasteiger partial charge in [-0.05, 0) is 79.2 Å². The lowest BCUT2D eigenvalue weighted by Gasteiger charge is -2.31. The molecular weight excluding hydrogens is 403 g/mol. The summed E-state index contributed by atoms with van der Waals surface area (Å²) in [6, 6.07) is 13.5. The molecule has 1 aromatic heterocycles. The Morgan fingerprint density at radius 2 is 1.87 bits per heavy atom. The number of nitrogens with zero attached hydrogens (tertiary/aromatic N) is 1. The van der Waals surface area contributed by atoms with Crippen molar-refractivity contribution in [3.8, 4) is 0 Å². The van der Waals surface area contributed by atoms with Crippen molar-refractivity contribution in [1.29, 1.82) is 0 Å². The number of thiophene rings is 1. The van der Waals surface area contributed by atoms with E-state index < -0.39 is 6.09 Å². The van der Waals surface area contributed by atoms with Gasteiger partial charge in [-0.25, -0.2) is 9.18 Å². The smallest absolute Gasteiger partial charge is 0.411 e. The largest absolute Gasteiger partial charge is 0.448 e. The summed E-state index contributed by atoms with van der Waals surface area (Å²) in [5.41, 5.74) is 1.28. The number of hydrogen-bond donors (Lipinski definition) is 1. The molecule has 0 spiro atoms. The Labute approximate surface area is 178 Å². The van der Waals surface area contributed by atoms with E-state index in [0.29, 0.717) is 18.7 Å². The van der Waals surface area contributed by atoms with Crippen molar-refractivity contribution in [2.24, 2.45) is 5.92 Å². The van der Waals surface area contributed by atoms with E-state index in [0.717, 1.165) is 41.7 Å². The number of anilines is 1. The summed E-state index contributed by atoms with van der Waals surface area (Å²) in [5, 5.41) is 5.93. The first kappa shape index (κ1) is 20.5. The lowest BCUT2D eigenvalue weighted by Crippen LogP contribution is -2.38. The zero-order valence-corrected chi connectivity index (χ0v) is 17.3. The lowest BCUT2D eigenvalue weighted by molar-refractivity contribution is 0.0813. The Balaban J connectivity index is 1.18. The Morgan fingerprint density at radius 1 is 1.10 bits per heavy atom. The highest BCUT2D eigenvalue weighted by Gasteiger charge is 2.25. The van der Waals surface area contributed by atoms with E-state index in [2.05, 4.69) is 10.2 Å². The van der Waals surface area contributed by atoms with Gasteiger partial charge in [-0.2, -0.15) is 0 Å². The van der Waals surface area contributed by atoms with E-state index in [1.54, 1.807) is 23.5 Å². The molecule has 4 rings (SSSR count). The maximum Gasteiger partial charge on any atom is 0.411 e. The molecule has 0 unspecified atom stereocenters. The molecule has 1 amide bonds. The monoisotopic (exact) mass is 426 g/mol. The van der Waals surface area contributed by atoms with Gasteiger partial charge < -0.3 is 4.74 Å². The Bertz CT molecular complexity index is 1030. The molecule has 0 bridgehead atoms. The minimum absolute atomic E-state index is 0.0388. The maximum atomic E-state index is 13.0. The Hall–Kier alpha value is -2.77. The van der Waals surface area contributed by atoms with E-state index in [4.69, 9.17) is 4.74 Å². The molecule has 5 nitrogen and oxygen atoms in total. The van der Waals surface area contributed by atoms with Crippen LogP contribution in [0.4, 0.5) is 14.9 Å². The molecule has 0 aliphatic carbocycles. The van der Waals surface area contributed by atoms with Crippen molar-refractivity contribution < 1.29 is 18.7 Å². The van der Waals surface area contributed by atoms with E-state index in [9.17, 15) is 14.0 Å². The predicted octanol–water partition coefficient (Wildman–Crippen LogP) is 5.18. The summed E-state index contributed by atoms with van der Waals surface area (Å²) in [7, 11) is 0. The number of Topliss-reactive ketones (excluding diaryl/α,β-unsaturated/α-hetero) is 1. The number of carbonyl (C=O) groups excluding carboxylic acids is 2. The number of likely N-dealkylation sites (tertiary alicyclic amines) is 1. The third-order valence-electron chi connectivity index (χ3n) is 5.43. The molecule has 1 aliphatic rings. The van der Waals surface area contributed by atoms with Crippen LogP contribution in [-0.2, 0) is 4.74 Å². The van der Waals surface area contributed by atoms with Crippen molar-refractivity contribution in [3.63, 3.8) is 0 Å². The van der Waals surface area contributed by atoms with Crippen LogP contribution in [-0.4, -0.2) is 43.0 Å². The normalized spacial score (nSPS) is 15.2. The number of ketones is 1. The number of piperidine rings is 1. The van der Waals surface area contributed by atoms with Crippen LogP contribution in [0.25, 0.3) is 10.1 Å². The third kappa shape index (κ3) is 5.04. The quantitative estimate of drug-likeness (QED) is 0.552. The fourth-order valence-corrected chi connectivity index (χ4v) is 4.55. The van der Waals surface area contributed by atoms with Gasteiger partial charge >= 0.3 is 6.09 Å². The number of amides is 1. The van der Waals surface area contributed by atoms with Crippen molar-refractivity contribution in [2.45, 2.75) is 12.8 Å². The van der Waals surface area contributed by atoms with Crippen LogP contribution in [0.5, 0.6) is 0 Å². The summed E-state index contributed by atoms with van der Waals surface area (Å²) in [4.78, 5) is 26.8. The number of carbonyl (C=O) groups is 2.